The Labute approximate surface area is 374 Å². The molecule has 2 aromatic carbocycles. The summed E-state index contributed by atoms with van der Waals surface area (Å²) in [4.78, 5) is 69.9. The number of nitrogens with zero attached hydrogens (tertiary/aromatic N) is 10. The molecule has 1 saturated carbocycles. The largest absolute Gasteiger partial charge is 0.385 e. The zero-order chi connectivity index (χ0) is 44.5. The summed E-state index contributed by atoms with van der Waals surface area (Å²) in [5.41, 5.74) is 9.28. The van der Waals surface area contributed by atoms with Gasteiger partial charge in [-0.15, -0.1) is 5.10 Å². The van der Waals surface area contributed by atoms with E-state index >= 15 is 0 Å². The molecule has 3 saturated heterocycles. The van der Waals surface area contributed by atoms with E-state index in [0.717, 1.165) is 98.9 Å². The van der Waals surface area contributed by atoms with Crippen molar-refractivity contribution in [1.82, 2.24) is 49.1 Å². The van der Waals surface area contributed by atoms with Crippen LogP contribution in [0.4, 0.5) is 27.3 Å². The molecule has 17 nitrogen and oxygen atoms in total. The van der Waals surface area contributed by atoms with Gasteiger partial charge in [0.1, 0.15) is 12.2 Å². The van der Waals surface area contributed by atoms with E-state index in [4.69, 9.17) is 10.1 Å². The predicted octanol–water partition coefficient (Wildman–Crippen LogP) is 3.79. The number of piperazine rings is 1. The second kappa shape index (κ2) is 16.4. The number of imidazole rings is 2. The number of benzene rings is 2. The van der Waals surface area contributed by atoms with Crippen molar-refractivity contribution in [3.63, 3.8) is 0 Å². The number of hydrogen-bond donors (Lipinski definition) is 3. The molecule has 4 aliphatic heterocycles. The second-order valence-corrected chi connectivity index (χ2v) is 18.0. The fourth-order valence-electron chi connectivity index (χ4n) is 10.4. The second-order valence-electron chi connectivity index (χ2n) is 18.0. The number of carbonyl (C=O) groups excluding carboxylic acids is 3. The van der Waals surface area contributed by atoms with Gasteiger partial charge >= 0.3 is 5.69 Å². The normalized spacial score (nSPS) is 21.9. The number of aryl methyl sites for hydroxylation is 1. The number of nitrogens with one attached hydrogen (secondary N) is 3. The summed E-state index contributed by atoms with van der Waals surface area (Å²) in [6.07, 6.45) is 6.41. The Morgan fingerprint density at radius 3 is 2.45 bits per heavy atom. The number of halogens is 1. The first kappa shape index (κ1) is 41.1. The summed E-state index contributed by atoms with van der Waals surface area (Å²) in [6.45, 7) is 7.37. The third-order valence-electron chi connectivity index (χ3n) is 14.1. The van der Waals surface area contributed by atoms with Crippen molar-refractivity contribution >= 4 is 57.3 Å². The topological polar surface area (TPSA) is 170 Å². The van der Waals surface area contributed by atoms with Crippen LogP contribution in [0.5, 0.6) is 0 Å². The number of rotatable bonds is 10. The van der Waals surface area contributed by atoms with Gasteiger partial charge in [-0.1, -0.05) is 18.2 Å². The van der Waals surface area contributed by atoms with Crippen LogP contribution >= 0.6 is 0 Å². The van der Waals surface area contributed by atoms with Gasteiger partial charge in [-0.3, -0.25) is 43.6 Å². The number of likely N-dealkylation sites (tertiary alicyclic amines) is 1. The number of pyridine rings is 1. The maximum atomic E-state index is 13.6. The summed E-state index contributed by atoms with van der Waals surface area (Å²) >= 11 is 0. The Morgan fingerprint density at radius 1 is 0.892 bits per heavy atom. The van der Waals surface area contributed by atoms with Crippen molar-refractivity contribution in [1.29, 1.82) is 0 Å². The monoisotopic (exact) mass is 881 g/mol. The van der Waals surface area contributed by atoms with Gasteiger partial charge in [-0.25, -0.2) is 18.7 Å². The van der Waals surface area contributed by atoms with E-state index in [-0.39, 0.29) is 23.7 Å². The Morgan fingerprint density at radius 2 is 1.71 bits per heavy atom. The van der Waals surface area contributed by atoms with Gasteiger partial charge in [0.05, 0.1) is 34.7 Å². The molecular weight excluding hydrogens is 830 g/mol. The first-order valence-electron chi connectivity index (χ1n) is 22.7. The molecule has 0 radical (unpaired) electrons. The Bertz CT molecular complexity index is 2910. The van der Waals surface area contributed by atoms with Gasteiger partial charge in [0, 0.05) is 101 Å². The summed E-state index contributed by atoms with van der Waals surface area (Å²) in [5.74, 6) is -0.434. The molecule has 0 spiro atoms. The minimum Gasteiger partial charge on any atom is -0.385 e. The molecule has 3 amide bonds. The molecule has 1 unspecified atom stereocenters. The molecule has 1 aliphatic carbocycles. The molecule has 0 bridgehead atoms. The molecule has 18 heteroatoms. The Hall–Kier alpha value is -6.66. The summed E-state index contributed by atoms with van der Waals surface area (Å²) < 4.78 is 18.3. The van der Waals surface area contributed by atoms with Crippen LogP contribution in [0.3, 0.4) is 0 Å². The number of piperidine rings is 2. The predicted molar refractivity (Wildman–Crippen MR) is 244 cm³/mol. The Kier molecular flexibility index (Phi) is 10.4. The number of carbonyl (C=O) groups is 3. The standard InChI is InChI=1S/C47H52FN13O4/c1-49-36-24-42(54-61-41(26-51-44(36)61)46(64)52-35-23-33(35)48)59-17-14-32-31(4-3-5-37(32)59)34-8-6-28(25-50-34)27-56-15-12-29(13-16-56)57-18-20-58(21-19-57)30-7-9-38-40(22-30)55(2)47(65)60(38)39-10-11-43(62)53-45(39)63/h3-9,22,24-26,29,33,35,39,49H,10-21,23,27H2,1-2H3,(H,52,64)(H,53,62,63)/t33-,35+,39?/m0/s1. The molecule has 336 valence electrons. The van der Waals surface area contributed by atoms with Crippen LogP contribution < -0.4 is 31.4 Å². The van der Waals surface area contributed by atoms with Gasteiger partial charge in [-0.05, 0) is 80.2 Å². The number of anilines is 4. The van der Waals surface area contributed by atoms with Crippen LogP contribution in [0.1, 0.15) is 59.8 Å². The van der Waals surface area contributed by atoms with Gasteiger partial charge in [0.2, 0.25) is 11.8 Å². The molecule has 5 aliphatic rings. The van der Waals surface area contributed by atoms with Crippen molar-refractivity contribution in [2.45, 2.75) is 69.4 Å². The Balaban J connectivity index is 0.701. The molecular formula is C47H52FN13O4. The maximum Gasteiger partial charge on any atom is 0.329 e. The number of fused-ring (bicyclic) bond motifs is 3. The van der Waals surface area contributed by atoms with E-state index in [0.29, 0.717) is 42.4 Å². The van der Waals surface area contributed by atoms with Crippen molar-refractivity contribution in [3.8, 4) is 11.3 Å². The highest BCUT2D eigenvalue weighted by Crippen LogP contribution is 2.40. The number of imide groups is 1. The number of hydrogen-bond acceptors (Lipinski definition) is 12. The molecule has 65 heavy (non-hydrogen) atoms. The first-order valence-corrected chi connectivity index (χ1v) is 22.7. The summed E-state index contributed by atoms with van der Waals surface area (Å²) in [5, 5.41) is 13.2. The van der Waals surface area contributed by atoms with Gasteiger partial charge in [-0.2, -0.15) is 0 Å². The number of amides is 3. The number of alkyl halides is 1. The lowest BCUT2D eigenvalue weighted by Gasteiger charge is -2.43. The molecule has 6 aromatic rings. The lowest BCUT2D eigenvalue weighted by Crippen LogP contribution is -2.53. The minimum absolute atomic E-state index is 0.217. The van der Waals surface area contributed by atoms with Crippen LogP contribution in [-0.2, 0) is 29.6 Å². The SMILES string of the molecule is CNc1cc(N2CCc3c(-c4ccc(CN5CCC(N6CCN(c7ccc8c(c7)n(C)c(=O)n8C7CCC(=O)NC7=O)CC6)CC5)cn4)cccc32)nn2c(C(=O)N[C@@H]3C[C@@H]3F)cnc12. The van der Waals surface area contributed by atoms with Gasteiger partial charge in [0.15, 0.2) is 17.2 Å². The molecule has 11 rings (SSSR count). The van der Waals surface area contributed by atoms with E-state index in [1.54, 1.807) is 16.1 Å². The zero-order valence-electron chi connectivity index (χ0n) is 36.5. The zero-order valence-corrected chi connectivity index (χ0v) is 36.5. The molecule has 3 N–H and O–H groups in total. The molecule has 4 aromatic heterocycles. The lowest BCUT2D eigenvalue weighted by molar-refractivity contribution is -0.135. The number of aromatic nitrogens is 6. The highest BCUT2D eigenvalue weighted by molar-refractivity contribution is 6.00. The van der Waals surface area contributed by atoms with E-state index in [1.807, 2.05) is 31.4 Å². The van der Waals surface area contributed by atoms with Crippen LogP contribution in [0, 0.1) is 0 Å². The average Bonchev–Trinajstić information content (AvgIpc) is 3.60. The van der Waals surface area contributed by atoms with E-state index in [1.165, 1.54) is 21.9 Å². The summed E-state index contributed by atoms with van der Waals surface area (Å²) in [7, 11) is 3.55. The quantitative estimate of drug-likeness (QED) is 0.171. The fourth-order valence-corrected chi connectivity index (χ4v) is 10.4. The summed E-state index contributed by atoms with van der Waals surface area (Å²) in [6, 6.07) is 18.0. The van der Waals surface area contributed by atoms with Crippen LogP contribution in [0.2, 0.25) is 0 Å². The molecule has 3 atom stereocenters. The average molecular weight is 882 g/mol. The highest BCUT2D eigenvalue weighted by atomic mass is 19.1. The van der Waals surface area contributed by atoms with E-state index in [2.05, 4.69) is 76.9 Å². The third kappa shape index (κ3) is 7.47. The van der Waals surface area contributed by atoms with Crippen molar-refractivity contribution < 1.29 is 18.8 Å². The lowest BCUT2D eigenvalue weighted by atomic mass is 10.0. The van der Waals surface area contributed by atoms with Crippen LogP contribution in [0.25, 0.3) is 27.9 Å². The molecule has 4 fully saturated rings. The minimum atomic E-state index is -1.00. The fraction of sp³-hybridized carbons (Fsp3) is 0.426. The van der Waals surface area contributed by atoms with Crippen molar-refractivity contribution in [2.75, 3.05) is 68.0 Å². The van der Waals surface area contributed by atoms with Crippen LogP contribution in [0.15, 0.2) is 71.8 Å². The maximum absolute atomic E-state index is 13.6. The van der Waals surface area contributed by atoms with Gasteiger partial charge < -0.3 is 20.4 Å². The van der Waals surface area contributed by atoms with Gasteiger partial charge in [0.25, 0.3) is 5.91 Å². The third-order valence-corrected chi connectivity index (χ3v) is 14.1. The first-order chi connectivity index (χ1) is 31.6. The smallest absolute Gasteiger partial charge is 0.329 e. The van der Waals surface area contributed by atoms with Crippen LogP contribution in [-0.4, -0.2) is 127 Å². The van der Waals surface area contributed by atoms with E-state index < -0.39 is 30.1 Å². The van der Waals surface area contributed by atoms with Crippen molar-refractivity contribution in [2.24, 2.45) is 7.05 Å². The van der Waals surface area contributed by atoms with Crippen molar-refractivity contribution in [3.05, 3.63) is 94.3 Å². The van der Waals surface area contributed by atoms with E-state index in [9.17, 15) is 23.6 Å². The highest BCUT2D eigenvalue weighted by Gasteiger charge is 2.39. The molecule has 8 heterocycles.